The third-order valence-corrected chi connectivity index (χ3v) is 4.02. The lowest BCUT2D eigenvalue weighted by Crippen LogP contribution is -2.16. The smallest absolute Gasteiger partial charge is 0.124 e. The molecular formula is C19H20O3. The van der Waals surface area contributed by atoms with Gasteiger partial charge >= 0.3 is 0 Å². The Morgan fingerprint density at radius 1 is 1.05 bits per heavy atom. The van der Waals surface area contributed by atoms with Crippen molar-refractivity contribution in [1.82, 2.24) is 0 Å². The van der Waals surface area contributed by atoms with Gasteiger partial charge < -0.3 is 14.6 Å². The zero-order chi connectivity index (χ0) is 15.4. The fourth-order valence-electron chi connectivity index (χ4n) is 2.84. The van der Waals surface area contributed by atoms with Crippen LogP contribution in [-0.4, -0.2) is 18.8 Å². The molecule has 0 fully saturated rings. The van der Waals surface area contributed by atoms with Crippen molar-refractivity contribution in [1.29, 1.82) is 0 Å². The van der Waals surface area contributed by atoms with Crippen molar-refractivity contribution in [3.05, 3.63) is 77.6 Å². The summed E-state index contributed by atoms with van der Waals surface area (Å²) in [6.45, 7) is -0.0734. The molecule has 1 aliphatic heterocycles. The van der Waals surface area contributed by atoms with Crippen LogP contribution in [0.1, 0.15) is 29.6 Å². The molecule has 114 valence electrons. The predicted molar refractivity (Wildman–Crippen MR) is 85.8 cm³/mol. The first-order chi connectivity index (χ1) is 10.8. The zero-order valence-electron chi connectivity index (χ0n) is 12.6. The van der Waals surface area contributed by atoms with Crippen molar-refractivity contribution in [2.24, 2.45) is 0 Å². The number of ether oxygens (including phenoxy) is 2. The van der Waals surface area contributed by atoms with E-state index in [2.05, 4.69) is 12.1 Å². The number of methoxy groups -OCH3 is 1. The number of hydrogen-bond acceptors (Lipinski definition) is 3. The molecule has 1 heterocycles. The van der Waals surface area contributed by atoms with E-state index in [9.17, 15) is 5.11 Å². The normalized spacial score (nSPS) is 20.9. The maximum atomic E-state index is 9.49. The Balaban J connectivity index is 1.85. The monoisotopic (exact) mass is 296 g/mol. The topological polar surface area (TPSA) is 38.7 Å². The first-order valence-corrected chi connectivity index (χ1v) is 7.47. The van der Waals surface area contributed by atoms with Crippen molar-refractivity contribution in [2.75, 3.05) is 13.7 Å². The standard InChI is InChI=1S/C19H20O3/c1-21-17-9-7-15(8-10-17)19-12-16(11-18(13-20)22-19)14-5-3-2-4-6-14/h2-11,16,19-20H,12-13H2,1H3/t16-,19+/m1/s1. The van der Waals surface area contributed by atoms with Crippen LogP contribution in [0.2, 0.25) is 0 Å². The van der Waals surface area contributed by atoms with Crippen molar-refractivity contribution in [3.8, 4) is 5.75 Å². The molecule has 0 aliphatic carbocycles. The largest absolute Gasteiger partial charge is 0.497 e. The summed E-state index contributed by atoms with van der Waals surface area (Å²) in [5.74, 6) is 1.72. The Kier molecular flexibility index (Phi) is 4.45. The maximum Gasteiger partial charge on any atom is 0.124 e. The number of rotatable bonds is 4. The molecule has 0 spiro atoms. The summed E-state index contributed by atoms with van der Waals surface area (Å²) in [5, 5.41) is 9.49. The van der Waals surface area contributed by atoms with Gasteiger partial charge in [-0.15, -0.1) is 0 Å². The highest BCUT2D eigenvalue weighted by atomic mass is 16.5. The average Bonchev–Trinajstić information content (AvgIpc) is 2.62. The second kappa shape index (κ2) is 6.67. The van der Waals surface area contributed by atoms with Crippen molar-refractivity contribution in [3.63, 3.8) is 0 Å². The second-order valence-corrected chi connectivity index (χ2v) is 5.42. The molecule has 0 saturated carbocycles. The van der Waals surface area contributed by atoms with Gasteiger partial charge in [-0.25, -0.2) is 0 Å². The summed E-state index contributed by atoms with van der Waals surface area (Å²) >= 11 is 0. The van der Waals surface area contributed by atoms with Gasteiger partial charge in [0.1, 0.15) is 24.2 Å². The number of allylic oxidation sites excluding steroid dienone is 1. The molecule has 1 N–H and O–H groups in total. The lowest BCUT2D eigenvalue weighted by Gasteiger charge is -2.30. The van der Waals surface area contributed by atoms with E-state index in [1.165, 1.54) is 5.56 Å². The molecule has 2 aromatic carbocycles. The molecule has 0 radical (unpaired) electrons. The van der Waals surface area contributed by atoms with E-state index in [-0.39, 0.29) is 18.6 Å². The van der Waals surface area contributed by atoms with Gasteiger partial charge in [0.2, 0.25) is 0 Å². The molecule has 22 heavy (non-hydrogen) atoms. The highest BCUT2D eigenvalue weighted by molar-refractivity contribution is 5.32. The van der Waals surface area contributed by atoms with Crippen LogP contribution < -0.4 is 4.74 Å². The summed E-state index contributed by atoms with van der Waals surface area (Å²) < 4.78 is 11.1. The van der Waals surface area contributed by atoms with Gasteiger partial charge in [0.15, 0.2) is 0 Å². The minimum absolute atomic E-state index is 0.0525. The lowest BCUT2D eigenvalue weighted by molar-refractivity contribution is 0.0645. The van der Waals surface area contributed by atoms with Crippen LogP contribution in [0.5, 0.6) is 5.75 Å². The minimum atomic E-state index is -0.0734. The SMILES string of the molecule is COc1ccc([C@@H]2C[C@H](c3ccccc3)C=C(CO)O2)cc1. The van der Waals surface area contributed by atoms with Crippen LogP contribution in [0.4, 0.5) is 0 Å². The Hall–Kier alpha value is -2.26. The summed E-state index contributed by atoms with van der Waals surface area (Å²) in [4.78, 5) is 0. The van der Waals surface area contributed by atoms with E-state index >= 15 is 0 Å². The Bertz CT molecular complexity index is 631. The van der Waals surface area contributed by atoms with Crippen LogP contribution in [-0.2, 0) is 4.74 Å². The van der Waals surface area contributed by atoms with Gasteiger partial charge in [-0.2, -0.15) is 0 Å². The maximum absolute atomic E-state index is 9.49. The van der Waals surface area contributed by atoms with E-state index in [1.54, 1.807) is 7.11 Å². The molecule has 1 aliphatic rings. The van der Waals surface area contributed by atoms with E-state index in [4.69, 9.17) is 9.47 Å². The molecule has 0 bridgehead atoms. The van der Waals surface area contributed by atoms with E-state index in [1.807, 2.05) is 48.5 Å². The van der Waals surface area contributed by atoms with Gasteiger partial charge in [-0.1, -0.05) is 42.5 Å². The summed E-state index contributed by atoms with van der Waals surface area (Å²) in [7, 11) is 1.66. The molecule has 3 nitrogen and oxygen atoms in total. The van der Waals surface area contributed by atoms with Crippen LogP contribution >= 0.6 is 0 Å². The Labute approximate surface area is 130 Å². The first kappa shape index (κ1) is 14.7. The molecule has 0 aromatic heterocycles. The third kappa shape index (κ3) is 3.15. The first-order valence-electron chi connectivity index (χ1n) is 7.47. The van der Waals surface area contributed by atoms with Crippen molar-refractivity contribution in [2.45, 2.75) is 18.4 Å². The molecular weight excluding hydrogens is 276 g/mol. The number of hydrogen-bond donors (Lipinski definition) is 1. The van der Waals surface area contributed by atoms with Crippen LogP contribution in [0.25, 0.3) is 0 Å². The molecule has 2 atom stereocenters. The van der Waals surface area contributed by atoms with Gasteiger partial charge in [-0.05, 0) is 35.8 Å². The van der Waals surface area contributed by atoms with Gasteiger partial charge in [0.25, 0.3) is 0 Å². The quantitative estimate of drug-likeness (QED) is 0.932. The van der Waals surface area contributed by atoms with Gasteiger partial charge in [0, 0.05) is 5.92 Å². The van der Waals surface area contributed by atoms with Crippen LogP contribution in [0.3, 0.4) is 0 Å². The van der Waals surface area contributed by atoms with E-state index in [0.717, 1.165) is 17.7 Å². The summed E-state index contributed by atoms with van der Waals surface area (Å²) in [5.41, 5.74) is 2.34. The van der Waals surface area contributed by atoms with Crippen LogP contribution in [0, 0.1) is 0 Å². The zero-order valence-corrected chi connectivity index (χ0v) is 12.6. The molecule has 3 heteroatoms. The fourth-order valence-corrected chi connectivity index (χ4v) is 2.84. The fraction of sp³-hybridized carbons (Fsp3) is 0.263. The molecule has 0 unspecified atom stereocenters. The van der Waals surface area contributed by atoms with Crippen molar-refractivity contribution >= 4 is 0 Å². The number of aliphatic hydroxyl groups excluding tert-OH is 1. The highest BCUT2D eigenvalue weighted by Gasteiger charge is 2.25. The van der Waals surface area contributed by atoms with Crippen LogP contribution in [0.15, 0.2) is 66.4 Å². The Morgan fingerprint density at radius 2 is 1.77 bits per heavy atom. The predicted octanol–water partition coefficient (Wildman–Crippen LogP) is 3.82. The molecule has 0 amide bonds. The molecule has 3 rings (SSSR count). The Morgan fingerprint density at radius 3 is 2.41 bits per heavy atom. The van der Waals surface area contributed by atoms with Gasteiger partial charge in [0.05, 0.1) is 7.11 Å². The third-order valence-electron chi connectivity index (χ3n) is 4.02. The number of benzene rings is 2. The highest BCUT2D eigenvalue weighted by Crippen LogP contribution is 2.38. The van der Waals surface area contributed by atoms with Crippen molar-refractivity contribution < 1.29 is 14.6 Å². The minimum Gasteiger partial charge on any atom is -0.497 e. The second-order valence-electron chi connectivity index (χ2n) is 5.42. The summed E-state index contributed by atoms with van der Waals surface area (Å²) in [6.07, 6.45) is 2.83. The summed E-state index contributed by atoms with van der Waals surface area (Å²) in [6, 6.07) is 18.2. The molecule has 0 saturated heterocycles. The van der Waals surface area contributed by atoms with E-state index in [0.29, 0.717) is 5.76 Å². The van der Waals surface area contributed by atoms with E-state index < -0.39 is 0 Å². The lowest BCUT2D eigenvalue weighted by atomic mass is 9.88. The van der Waals surface area contributed by atoms with Gasteiger partial charge in [-0.3, -0.25) is 0 Å². The molecule has 2 aromatic rings. The number of aliphatic hydroxyl groups is 1. The average molecular weight is 296 g/mol.